The van der Waals surface area contributed by atoms with Gasteiger partial charge in [-0.05, 0) is 29.8 Å². The smallest absolute Gasteiger partial charge is 0.321 e. The second-order valence-corrected chi connectivity index (χ2v) is 6.59. The number of carbonyl (C=O) groups is 1. The van der Waals surface area contributed by atoms with E-state index >= 15 is 0 Å². The average Bonchev–Trinajstić information content (AvgIpc) is 2.74. The number of halogens is 7. The summed E-state index contributed by atoms with van der Waals surface area (Å²) in [7, 11) is 0. The SMILES string of the molecule is O=C(Nc1ccc(C(F)(F)C(F)(F)C(F)(F)F)cc1-c1ccccc1)c1ccccc1. The zero-order valence-corrected chi connectivity index (χ0v) is 15.6. The Morgan fingerprint density at radius 1 is 0.710 bits per heavy atom. The largest absolute Gasteiger partial charge is 0.460 e. The van der Waals surface area contributed by atoms with Crippen LogP contribution in [-0.4, -0.2) is 18.0 Å². The van der Waals surface area contributed by atoms with Crippen molar-refractivity contribution in [3.8, 4) is 11.1 Å². The minimum absolute atomic E-state index is 0.0325. The molecule has 162 valence electrons. The van der Waals surface area contributed by atoms with Crippen LogP contribution in [0.1, 0.15) is 15.9 Å². The molecule has 0 aliphatic heterocycles. The molecule has 3 aromatic carbocycles. The Kier molecular flexibility index (Phi) is 5.80. The van der Waals surface area contributed by atoms with E-state index in [9.17, 15) is 35.5 Å². The first-order chi connectivity index (χ1) is 14.4. The predicted molar refractivity (Wildman–Crippen MR) is 101 cm³/mol. The molecular formula is C22H14F7NO. The van der Waals surface area contributed by atoms with Crippen LogP contribution in [0.4, 0.5) is 36.4 Å². The van der Waals surface area contributed by atoms with E-state index in [4.69, 9.17) is 0 Å². The third-order valence-corrected chi connectivity index (χ3v) is 4.50. The lowest BCUT2D eigenvalue weighted by atomic mass is 9.95. The fourth-order valence-corrected chi connectivity index (χ4v) is 2.85. The molecule has 0 unspecified atom stereocenters. The highest BCUT2D eigenvalue weighted by molar-refractivity contribution is 6.06. The maximum atomic E-state index is 14.2. The highest BCUT2D eigenvalue weighted by atomic mass is 19.4. The van der Waals surface area contributed by atoms with E-state index in [1.54, 1.807) is 24.3 Å². The Balaban J connectivity index is 2.09. The van der Waals surface area contributed by atoms with Crippen LogP contribution < -0.4 is 5.32 Å². The number of rotatable bonds is 5. The van der Waals surface area contributed by atoms with Crippen LogP contribution in [0.15, 0.2) is 78.9 Å². The topological polar surface area (TPSA) is 29.1 Å². The molecular weight excluding hydrogens is 427 g/mol. The van der Waals surface area contributed by atoms with Crippen molar-refractivity contribution >= 4 is 11.6 Å². The maximum Gasteiger partial charge on any atom is 0.460 e. The minimum atomic E-state index is -6.45. The van der Waals surface area contributed by atoms with Crippen LogP contribution in [0.5, 0.6) is 0 Å². The van der Waals surface area contributed by atoms with Crippen molar-refractivity contribution in [2.45, 2.75) is 18.0 Å². The first-order valence-corrected chi connectivity index (χ1v) is 8.84. The molecule has 0 bridgehead atoms. The zero-order valence-electron chi connectivity index (χ0n) is 15.6. The number of hydrogen-bond acceptors (Lipinski definition) is 1. The van der Waals surface area contributed by atoms with Gasteiger partial charge in [-0.3, -0.25) is 4.79 Å². The van der Waals surface area contributed by atoms with Crippen LogP contribution in [0.2, 0.25) is 0 Å². The van der Waals surface area contributed by atoms with Crippen LogP contribution >= 0.6 is 0 Å². The highest BCUT2D eigenvalue weighted by Gasteiger charge is 2.73. The van der Waals surface area contributed by atoms with Crippen LogP contribution in [0.25, 0.3) is 11.1 Å². The molecule has 31 heavy (non-hydrogen) atoms. The molecule has 0 saturated heterocycles. The van der Waals surface area contributed by atoms with Crippen molar-refractivity contribution in [3.05, 3.63) is 90.0 Å². The van der Waals surface area contributed by atoms with Crippen molar-refractivity contribution < 1.29 is 35.5 Å². The van der Waals surface area contributed by atoms with E-state index in [1.165, 1.54) is 36.4 Å². The van der Waals surface area contributed by atoms with Crippen molar-refractivity contribution in [1.29, 1.82) is 0 Å². The van der Waals surface area contributed by atoms with Crippen LogP contribution in [0, 0.1) is 0 Å². The van der Waals surface area contributed by atoms with E-state index in [1.807, 2.05) is 0 Å². The Bertz CT molecular complexity index is 1060. The third-order valence-electron chi connectivity index (χ3n) is 4.50. The summed E-state index contributed by atoms with van der Waals surface area (Å²) in [6.07, 6.45) is -6.45. The Hall–Kier alpha value is -3.36. The van der Waals surface area contributed by atoms with Gasteiger partial charge in [0, 0.05) is 22.4 Å². The molecule has 9 heteroatoms. The quantitative estimate of drug-likeness (QED) is 0.429. The van der Waals surface area contributed by atoms with E-state index in [0.717, 1.165) is 6.07 Å². The van der Waals surface area contributed by atoms with Gasteiger partial charge in [0.05, 0.1) is 0 Å². The second-order valence-electron chi connectivity index (χ2n) is 6.59. The lowest BCUT2D eigenvalue weighted by molar-refractivity contribution is -0.359. The number of anilines is 1. The molecule has 2 nitrogen and oxygen atoms in total. The highest BCUT2D eigenvalue weighted by Crippen LogP contribution is 2.52. The van der Waals surface area contributed by atoms with Gasteiger partial charge in [0.15, 0.2) is 0 Å². The van der Waals surface area contributed by atoms with Gasteiger partial charge in [-0.15, -0.1) is 0 Å². The zero-order chi connectivity index (χ0) is 22.9. The first-order valence-electron chi connectivity index (χ1n) is 8.84. The van der Waals surface area contributed by atoms with Gasteiger partial charge in [-0.2, -0.15) is 30.7 Å². The van der Waals surface area contributed by atoms with Gasteiger partial charge in [0.2, 0.25) is 0 Å². The minimum Gasteiger partial charge on any atom is -0.321 e. The summed E-state index contributed by atoms with van der Waals surface area (Å²) in [6, 6.07) is 17.2. The van der Waals surface area contributed by atoms with Gasteiger partial charge in [-0.25, -0.2) is 0 Å². The molecule has 1 N–H and O–H groups in total. The van der Waals surface area contributed by atoms with Gasteiger partial charge >= 0.3 is 18.0 Å². The molecule has 3 rings (SSSR count). The van der Waals surface area contributed by atoms with E-state index in [2.05, 4.69) is 5.32 Å². The monoisotopic (exact) mass is 441 g/mol. The molecule has 0 radical (unpaired) electrons. The summed E-state index contributed by atoms with van der Waals surface area (Å²) in [4.78, 5) is 12.4. The molecule has 0 aromatic heterocycles. The molecule has 0 atom stereocenters. The number of alkyl halides is 7. The normalized spacial score (nSPS) is 12.5. The standard InChI is InChI=1S/C22H14F7NO/c23-20(24,21(25,26)22(27,28)29)16-11-12-18(17(13-16)14-7-3-1-4-8-14)30-19(31)15-9-5-2-6-10-15/h1-13H,(H,30,31). The Morgan fingerprint density at radius 3 is 1.81 bits per heavy atom. The second kappa shape index (κ2) is 8.05. The van der Waals surface area contributed by atoms with Crippen molar-refractivity contribution in [2.24, 2.45) is 0 Å². The Labute approximate surface area is 172 Å². The average molecular weight is 441 g/mol. The van der Waals surface area contributed by atoms with E-state index in [-0.39, 0.29) is 22.4 Å². The van der Waals surface area contributed by atoms with Gasteiger partial charge in [0.1, 0.15) is 0 Å². The lowest BCUT2D eigenvalue weighted by Crippen LogP contribution is -2.50. The van der Waals surface area contributed by atoms with Crippen molar-refractivity contribution in [1.82, 2.24) is 0 Å². The molecule has 0 saturated carbocycles. The molecule has 1 amide bonds. The molecule has 0 fully saturated rings. The number of nitrogens with one attached hydrogen (secondary N) is 1. The molecule has 3 aromatic rings. The van der Waals surface area contributed by atoms with Crippen LogP contribution in [-0.2, 0) is 5.92 Å². The number of amides is 1. The van der Waals surface area contributed by atoms with Gasteiger partial charge < -0.3 is 5.32 Å². The molecule has 0 spiro atoms. The fourth-order valence-electron chi connectivity index (χ4n) is 2.85. The van der Waals surface area contributed by atoms with E-state index < -0.39 is 29.5 Å². The van der Waals surface area contributed by atoms with Crippen molar-refractivity contribution in [2.75, 3.05) is 5.32 Å². The summed E-state index contributed by atoms with van der Waals surface area (Å²) in [5.74, 6) is -12.4. The fraction of sp³-hybridized carbons (Fsp3) is 0.136. The summed E-state index contributed by atoms with van der Waals surface area (Å²) < 4.78 is 93.3. The van der Waals surface area contributed by atoms with Gasteiger partial charge in [-0.1, -0.05) is 54.6 Å². The number of hydrogen-bond donors (Lipinski definition) is 1. The summed E-state index contributed by atoms with van der Waals surface area (Å²) in [5, 5.41) is 2.48. The third kappa shape index (κ3) is 4.26. The van der Waals surface area contributed by atoms with Gasteiger partial charge in [0.25, 0.3) is 5.91 Å². The lowest BCUT2D eigenvalue weighted by Gasteiger charge is -2.29. The maximum absolute atomic E-state index is 14.2. The van der Waals surface area contributed by atoms with Crippen molar-refractivity contribution in [3.63, 3.8) is 0 Å². The number of benzene rings is 3. The predicted octanol–water partition coefficient (Wildman–Crippen LogP) is 6.90. The van der Waals surface area contributed by atoms with E-state index in [0.29, 0.717) is 12.1 Å². The number of carbonyl (C=O) groups excluding carboxylic acids is 1. The Morgan fingerprint density at radius 2 is 1.26 bits per heavy atom. The first kappa shape index (κ1) is 22.3. The molecule has 0 aliphatic carbocycles. The van der Waals surface area contributed by atoms with Crippen LogP contribution in [0.3, 0.4) is 0 Å². The summed E-state index contributed by atoms with van der Waals surface area (Å²) >= 11 is 0. The summed E-state index contributed by atoms with van der Waals surface area (Å²) in [6.45, 7) is 0. The molecule has 0 aliphatic rings. The molecule has 0 heterocycles. The summed E-state index contributed by atoms with van der Waals surface area (Å²) in [5.41, 5.74) is -1.24.